The number of aliphatic hydroxyl groups is 1. The first kappa shape index (κ1) is 19.5. The Kier molecular flexibility index (Phi) is 4.69. The van der Waals surface area contributed by atoms with Crippen LogP contribution in [-0.4, -0.2) is 48.8 Å². The molecular formula is C24H26N6O2. The van der Waals surface area contributed by atoms with Crippen LogP contribution < -0.4 is 5.73 Å². The first-order valence-corrected chi connectivity index (χ1v) is 11.2. The van der Waals surface area contributed by atoms with Gasteiger partial charge in [-0.2, -0.15) is 10.2 Å². The van der Waals surface area contributed by atoms with Crippen LogP contribution in [0.25, 0.3) is 28.0 Å². The fourth-order valence-corrected chi connectivity index (χ4v) is 5.02. The number of aromatic nitrogens is 5. The molecule has 2 atom stereocenters. The minimum absolute atomic E-state index is 0.204. The zero-order chi connectivity index (χ0) is 21.7. The molecule has 4 aromatic rings. The number of ether oxygens (including phenoxy) is 1. The van der Waals surface area contributed by atoms with Crippen LogP contribution >= 0.6 is 0 Å². The normalized spacial score (nSPS) is 21.7. The molecule has 0 spiro atoms. The van der Waals surface area contributed by atoms with E-state index < -0.39 is 0 Å². The molecule has 2 fully saturated rings. The van der Waals surface area contributed by atoms with E-state index in [1.165, 1.54) is 6.33 Å². The van der Waals surface area contributed by atoms with Crippen LogP contribution in [-0.2, 0) is 4.74 Å². The standard InChI is InChI=1S/C24H26N6O2/c25-24-23-19(20-6-9-27-29(20)17-7-10-32-11-8-17)13-21(30(23)28-14-26-24)16-3-1-2-15(12-16)18-4-5-22(18)31/h1-3,6,9,12-14,17-18,22,31H,4-5,7-8,10-11H2,(H2,25,26,28)/t18?,22-/m0/s1. The summed E-state index contributed by atoms with van der Waals surface area (Å²) in [6.07, 6.45) is 6.84. The van der Waals surface area contributed by atoms with E-state index in [-0.39, 0.29) is 12.0 Å². The second-order valence-corrected chi connectivity index (χ2v) is 8.73. The van der Waals surface area contributed by atoms with Crippen LogP contribution in [0.3, 0.4) is 0 Å². The largest absolute Gasteiger partial charge is 0.392 e. The van der Waals surface area contributed by atoms with Crippen LogP contribution in [0.15, 0.2) is 48.9 Å². The zero-order valence-electron chi connectivity index (χ0n) is 17.8. The molecule has 3 aromatic heterocycles. The summed E-state index contributed by atoms with van der Waals surface area (Å²) >= 11 is 0. The lowest BCUT2D eigenvalue weighted by atomic mass is 9.77. The number of rotatable bonds is 4. The number of hydrogen-bond donors (Lipinski definition) is 2. The predicted octanol–water partition coefficient (Wildman–Crippen LogP) is 3.43. The van der Waals surface area contributed by atoms with Crippen LogP contribution in [0.4, 0.5) is 5.82 Å². The van der Waals surface area contributed by atoms with Gasteiger partial charge in [-0.1, -0.05) is 18.2 Å². The van der Waals surface area contributed by atoms with E-state index in [0.717, 1.165) is 72.5 Å². The molecule has 0 bridgehead atoms. The quantitative estimate of drug-likeness (QED) is 0.514. The molecule has 1 aliphatic heterocycles. The predicted molar refractivity (Wildman–Crippen MR) is 121 cm³/mol. The Morgan fingerprint density at radius 2 is 1.88 bits per heavy atom. The summed E-state index contributed by atoms with van der Waals surface area (Å²) in [5.74, 6) is 0.641. The van der Waals surface area contributed by atoms with Gasteiger partial charge in [0.25, 0.3) is 0 Å². The summed E-state index contributed by atoms with van der Waals surface area (Å²) in [7, 11) is 0. The zero-order valence-corrected chi connectivity index (χ0v) is 17.8. The average Bonchev–Trinajstić information content (AvgIpc) is 3.44. The molecule has 1 unspecified atom stereocenters. The molecule has 32 heavy (non-hydrogen) atoms. The van der Waals surface area contributed by atoms with E-state index >= 15 is 0 Å². The summed E-state index contributed by atoms with van der Waals surface area (Å²) < 4.78 is 9.51. The molecule has 1 saturated carbocycles. The van der Waals surface area contributed by atoms with Gasteiger partial charge >= 0.3 is 0 Å². The van der Waals surface area contributed by atoms with Crippen molar-refractivity contribution in [3.05, 3.63) is 54.5 Å². The first-order chi connectivity index (χ1) is 15.7. The third kappa shape index (κ3) is 3.10. The molecule has 1 saturated heterocycles. The number of nitrogens with zero attached hydrogens (tertiary/aromatic N) is 5. The van der Waals surface area contributed by atoms with E-state index in [4.69, 9.17) is 10.5 Å². The first-order valence-electron chi connectivity index (χ1n) is 11.2. The smallest absolute Gasteiger partial charge is 0.152 e. The lowest BCUT2D eigenvalue weighted by Gasteiger charge is -2.32. The van der Waals surface area contributed by atoms with Crippen molar-refractivity contribution in [2.45, 2.75) is 43.7 Å². The van der Waals surface area contributed by atoms with Gasteiger partial charge in [-0.05, 0) is 49.4 Å². The maximum absolute atomic E-state index is 10.2. The lowest BCUT2D eigenvalue weighted by molar-refractivity contribution is 0.0661. The molecule has 164 valence electrons. The molecule has 0 radical (unpaired) electrons. The summed E-state index contributed by atoms with van der Waals surface area (Å²) in [5, 5.41) is 19.3. The number of anilines is 1. The minimum Gasteiger partial charge on any atom is -0.392 e. The fraction of sp³-hybridized carbons (Fsp3) is 0.375. The molecule has 1 aliphatic carbocycles. The van der Waals surface area contributed by atoms with Crippen molar-refractivity contribution in [1.82, 2.24) is 24.4 Å². The van der Waals surface area contributed by atoms with Gasteiger partial charge in [0, 0.05) is 36.5 Å². The van der Waals surface area contributed by atoms with Gasteiger partial charge in [0.1, 0.15) is 11.8 Å². The topological polar surface area (TPSA) is 103 Å². The van der Waals surface area contributed by atoms with Crippen LogP contribution in [0.5, 0.6) is 0 Å². The number of nitrogens with two attached hydrogens (primary N) is 1. The highest BCUT2D eigenvalue weighted by atomic mass is 16.5. The molecule has 6 rings (SSSR count). The Morgan fingerprint density at radius 3 is 2.66 bits per heavy atom. The van der Waals surface area contributed by atoms with Crippen molar-refractivity contribution < 1.29 is 9.84 Å². The highest BCUT2D eigenvalue weighted by molar-refractivity contribution is 5.90. The summed E-state index contributed by atoms with van der Waals surface area (Å²) in [5.41, 5.74) is 12.3. The molecule has 0 amide bonds. The molecule has 3 N–H and O–H groups in total. The highest BCUT2D eigenvalue weighted by Crippen LogP contribution is 2.40. The van der Waals surface area contributed by atoms with Crippen molar-refractivity contribution in [3.8, 4) is 22.5 Å². The fourth-order valence-electron chi connectivity index (χ4n) is 5.02. The molecule has 4 heterocycles. The van der Waals surface area contributed by atoms with E-state index in [1.807, 2.05) is 22.8 Å². The Hall–Kier alpha value is -3.23. The van der Waals surface area contributed by atoms with Gasteiger partial charge in [0.15, 0.2) is 5.82 Å². The van der Waals surface area contributed by atoms with Crippen molar-refractivity contribution in [2.75, 3.05) is 18.9 Å². The van der Waals surface area contributed by atoms with Gasteiger partial charge in [-0.25, -0.2) is 9.50 Å². The van der Waals surface area contributed by atoms with E-state index in [0.29, 0.717) is 11.9 Å². The molecule has 8 heteroatoms. The van der Waals surface area contributed by atoms with Gasteiger partial charge in [0.05, 0.1) is 23.5 Å². The number of nitrogen functional groups attached to an aromatic ring is 1. The van der Waals surface area contributed by atoms with Gasteiger partial charge < -0.3 is 15.6 Å². The second-order valence-electron chi connectivity index (χ2n) is 8.73. The van der Waals surface area contributed by atoms with Gasteiger partial charge in [0.2, 0.25) is 0 Å². The Bertz CT molecular complexity index is 1270. The number of aliphatic hydroxyl groups excluding tert-OH is 1. The third-order valence-corrected chi connectivity index (χ3v) is 6.91. The monoisotopic (exact) mass is 430 g/mol. The SMILES string of the molecule is Nc1ncnn2c(-c3cccc(C4CC[C@@H]4O)c3)cc(-c3ccnn3C3CCOCC3)c12. The highest BCUT2D eigenvalue weighted by Gasteiger charge is 2.30. The lowest BCUT2D eigenvalue weighted by Crippen LogP contribution is -2.28. The number of hydrogen-bond acceptors (Lipinski definition) is 6. The average molecular weight is 431 g/mol. The Morgan fingerprint density at radius 1 is 1.00 bits per heavy atom. The maximum Gasteiger partial charge on any atom is 0.152 e. The van der Waals surface area contributed by atoms with Gasteiger partial charge in [-0.15, -0.1) is 0 Å². The van der Waals surface area contributed by atoms with Crippen LogP contribution in [0.2, 0.25) is 0 Å². The van der Waals surface area contributed by atoms with Gasteiger partial charge in [-0.3, -0.25) is 4.68 Å². The van der Waals surface area contributed by atoms with Crippen molar-refractivity contribution >= 4 is 11.3 Å². The third-order valence-electron chi connectivity index (χ3n) is 6.91. The Labute approximate surface area is 185 Å². The summed E-state index contributed by atoms with van der Waals surface area (Å²) in [6, 6.07) is 12.8. The number of fused-ring (bicyclic) bond motifs is 1. The Balaban J connectivity index is 1.50. The van der Waals surface area contributed by atoms with E-state index in [9.17, 15) is 5.11 Å². The minimum atomic E-state index is -0.253. The van der Waals surface area contributed by atoms with Crippen molar-refractivity contribution in [3.63, 3.8) is 0 Å². The van der Waals surface area contributed by atoms with E-state index in [2.05, 4.69) is 44.1 Å². The van der Waals surface area contributed by atoms with Crippen molar-refractivity contribution in [1.29, 1.82) is 0 Å². The molecule has 8 nitrogen and oxygen atoms in total. The summed E-state index contributed by atoms with van der Waals surface area (Å²) in [4.78, 5) is 4.27. The van der Waals surface area contributed by atoms with E-state index in [1.54, 1.807) is 0 Å². The molecule has 2 aliphatic rings. The second kappa shape index (κ2) is 7.72. The van der Waals surface area contributed by atoms with Crippen molar-refractivity contribution in [2.24, 2.45) is 0 Å². The molecular weight excluding hydrogens is 404 g/mol. The maximum atomic E-state index is 10.2. The van der Waals surface area contributed by atoms with Crippen LogP contribution in [0, 0.1) is 0 Å². The summed E-state index contributed by atoms with van der Waals surface area (Å²) in [6.45, 7) is 1.49. The van der Waals surface area contributed by atoms with Crippen LogP contribution in [0.1, 0.15) is 43.2 Å². The number of benzene rings is 1. The molecule has 1 aromatic carbocycles.